The number of rotatable bonds is 2. The van der Waals surface area contributed by atoms with Gasteiger partial charge in [0.05, 0.1) is 0 Å². The number of piperidine rings is 1. The van der Waals surface area contributed by atoms with Gasteiger partial charge in [-0.25, -0.2) is 0 Å². The van der Waals surface area contributed by atoms with Gasteiger partial charge in [0.2, 0.25) is 0 Å². The molecule has 1 fully saturated rings. The number of hydrogen-bond donors (Lipinski definition) is 0. The first kappa shape index (κ1) is 12.9. The molecule has 0 bridgehead atoms. The van der Waals surface area contributed by atoms with Crippen molar-refractivity contribution in [1.29, 1.82) is 0 Å². The first-order chi connectivity index (χ1) is 6.22. The summed E-state index contributed by atoms with van der Waals surface area (Å²) >= 11 is 0. The summed E-state index contributed by atoms with van der Waals surface area (Å²) in [5.74, 6) is -0.299. The van der Waals surface area contributed by atoms with Crippen LogP contribution in [0.1, 0.15) is 26.7 Å². The van der Waals surface area contributed by atoms with Crippen molar-refractivity contribution >= 4 is 0 Å². The van der Waals surface area contributed by atoms with Crippen LogP contribution in [0.4, 0.5) is 0 Å². The second kappa shape index (κ2) is 6.35. The largest absolute Gasteiger partial charge is 0.353 e. The summed E-state index contributed by atoms with van der Waals surface area (Å²) in [4.78, 5) is 2.29. The molecule has 80 valence electrons. The SMILES string of the molecule is CC.COC1(OC)CCN(C)CC1. The molecule has 0 unspecified atom stereocenters. The number of nitrogens with zero attached hydrogens (tertiary/aromatic N) is 1. The van der Waals surface area contributed by atoms with Crippen LogP contribution in [0.2, 0.25) is 0 Å². The molecule has 1 aliphatic rings. The van der Waals surface area contributed by atoms with Gasteiger partial charge in [0.15, 0.2) is 5.79 Å². The smallest absolute Gasteiger partial charge is 0.169 e. The van der Waals surface area contributed by atoms with Crippen molar-refractivity contribution in [3.05, 3.63) is 0 Å². The van der Waals surface area contributed by atoms with Crippen LogP contribution in [-0.2, 0) is 9.47 Å². The van der Waals surface area contributed by atoms with Gasteiger partial charge in [-0.3, -0.25) is 0 Å². The fraction of sp³-hybridized carbons (Fsp3) is 1.00. The number of hydrogen-bond acceptors (Lipinski definition) is 3. The molecule has 1 aliphatic heterocycles. The van der Waals surface area contributed by atoms with E-state index in [1.165, 1.54) is 0 Å². The van der Waals surface area contributed by atoms with Crippen LogP contribution in [-0.4, -0.2) is 45.0 Å². The molecule has 0 spiro atoms. The summed E-state index contributed by atoms with van der Waals surface area (Å²) in [6, 6.07) is 0. The molecule has 3 nitrogen and oxygen atoms in total. The predicted molar refractivity (Wildman–Crippen MR) is 54.8 cm³/mol. The predicted octanol–water partition coefficient (Wildman–Crippen LogP) is 1.73. The van der Waals surface area contributed by atoms with E-state index in [0.717, 1.165) is 25.9 Å². The van der Waals surface area contributed by atoms with Gasteiger partial charge >= 0.3 is 0 Å². The maximum Gasteiger partial charge on any atom is 0.169 e. The molecule has 1 saturated heterocycles. The second-order valence-corrected chi connectivity index (χ2v) is 3.12. The number of ether oxygens (including phenoxy) is 2. The molecule has 0 radical (unpaired) electrons. The van der Waals surface area contributed by atoms with Crippen molar-refractivity contribution < 1.29 is 9.47 Å². The van der Waals surface area contributed by atoms with E-state index < -0.39 is 0 Å². The molecular formula is C10H23NO2. The molecule has 1 heterocycles. The lowest BCUT2D eigenvalue weighted by molar-refractivity contribution is -0.227. The summed E-state index contributed by atoms with van der Waals surface area (Å²) < 4.78 is 10.7. The topological polar surface area (TPSA) is 21.7 Å². The Morgan fingerprint density at radius 3 is 1.69 bits per heavy atom. The van der Waals surface area contributed by atoms with Crippen molar-refractivity contribution in [2.75, 3.05) is 34.4 Å². The Hall–Kier alpha value is -0.120. The lowest BCUT2D eigenvalue weighted by Crippen LogP contribution is -2.45. The number of likely N-dealkylation sites (tertiary alicyclic amines) is 1. The standard InChI is InChI=1S/C8H17NO2.C2H6/c1-9-6-4-8(10-2,11-3)5-7-9;1-2/h4-7H2,1-3H3;1-2H3. The summed E-state index contributed by atoms with van der Waals surface area (Å²) in [5, 5.41) is 0. The van der Waals surface area contributed by atoms with Gasteiger partial charge in [-0.05, 0) is 7.05 Å². The molecule has 0 atom stereocenters. The Morgan fingerprint density at radius 1 is 1.00 bits per heavy atom. The summed E-state index contributed by atoms with van der Waals surface area (Å²) in [7, 11) is 5.55. The van der Waals surface area contributed by atoms with Crippen LogP contribution in [0.5, 0.6) is 0 Å². The average Bonchev–Trinajstić information content (AvgIpc) is 2.23. The Balaban J connectivity index is 0.000000671. The van der Waals surface area contributed by atoms with Crippen molar-refractivity contribution in [1.82, 2.24) is 4.90 Å². The highest BCUT2D eigenvalue weighted by molar-refractivity contribution is 4.77. The highest BCUT2D eigenvalue weighted by Gasteiger charge is 2.32. The van der Waals surface area contributed by atoms with E-state index in [4.69, 9.17) is 9.47 Å². The molecule has 0 aromatic carbocycles. The molecule has 0 amide bonds. The van der Waals surface area contributed by atoms with Gasteiger partial charge in [-0.15, -0.1) is 0 Å². The molecule has 0 aliphatic carbocycles. The van der Waals surface area contributed by atoms with E-state index >= 15 is 0 Å². The van der Waals surface area contributed by atoms with Crippen LogP contribution in [0, 0.1) is 0 Å². The first-order valence-corrected chi connectivity index (χ1v) is 5.01. The van der Waals surface area contributed by atoms with Gasteiger partial charge in [-0.1, -0.05) is 13.8 Å². The van der Waals surface area contributed by atoms with Gasteiger partial charge in [0.25, 0.3) is 0 Å². The quantitative estimate of drug-likeness (QED) is 0.617. The second-order valence-electron chi connectivity index (χ2n) is 3.12. The maximum atomic E-state index is 5.33. The van der Waals surface area contributed by atoms with Gasteiger partial charge in [0.1, 0.15) is 0 Å². The zero-order valence-electron chi connectivity index (χ0n) is 9.59. The van der Waals surface area contributed by atoms with Gasteiger partial charge in [-0.2, -0.15) is 0 Å². The molecule has 0 aromatic heterocycles. The van der Waals surface area contributed by atoms with E-state index in [1.54, 1.807) is 14.2 Å². The minimum atomic E-state index is -0.299. The van der Waals surface area contributed by atoms with Crippen LogP contribution in [0.15, 0.2) is 0 Å². The lowest BCUT2D eigenvalue weighted by Gasteiger charge is -2.38. The van der Waals surface area contributed by atoms with E-state index in [2.05, 4.69) is 11.9 Å². The lowest BCUT2D eigenvalue weighted by atomic mass is 10.0. The monoisotopic (exact) mass is 189 g/mol. The van der Waals surface area contributed by atoms with E-state index in [-0.39, 0.29) is 5.79 Å². The van der Waals surface area contributed by atoms with Crippen LogP contribution in [0.3, 0.4) is 0 Å². The van der Waals surface area contributed by atoms with Gasteiger partial charge in [0, 0.05) is 40.2 Å². The Morgan fingerprint density at radius 2 is 1.38 bits per heavy atom. The molecule has 0 saturated carbocycles. The molecule has 13 heavy (non-hydrogen) atoms. The summed E-state index contributed by atoms with van der Waals surface area (Å²) in [6.45, 7) is 6.11. The zero-order valence-corrected chi connectivity index (χ0v) is 9.59. The van der Waals surface area contributed by atoms with Crippen LogP contribution in [0.25, 0.3) is 0 Å². The van der Waals surface area contributed by atoms with Crippen LogP contribution >= 0.6 is 0 Å². The highest BCUT2D eigenvalue weighted by Crippen LogP contribution is 2.25. The fourth-order valence-electron chi connectivity index (χ4n) is 1.45. The third-order valence-corrected chi connectivity index (χ3v) is 2.49. The van der Waals surface area contributed by atoms with Crippen molar-refractivity contribution in [3.63, 3.8) is 0 Å². The third-order valence-electron chi connectivity index (χ3n) is 2.49. The highest BCUT2D eigenvalue weighted by atomic mass is 16.7. The normalized spacial score (nSPS) is 21.9. The Bertz CT molecular complexity index is 114. The molecular weight excluding hydrogens is 166 g/mol. The van der Waals surface area contributed by atoms with Crippen molar-refractivity contribution in [3.8, 4) is 0 Å². The van der Waals surface area contributed by atoms with Crippen LogP contribution < -0.4 is 0 Å². The minimum absolute atomic E-state index is 0.299. The van der Waals surface area contributed by atoms with E-state index in [0.29, 0.717) is 0 Å². The van der Waals surface area contributed by atoms with Crippen molar-refractivity contribution in [2.24, 2.45) is 0 Å². The zero-order chi connectivity index (χ0) is 10.3. The first-order valence-electron chi connectivity index (χ1n) is 5.01. The van der Waals surface area contributed by atoms with Gasteiger partial charge < -0.3 is 14.4 Å². The summed E-state index contributed by atoms with van der Waals surface area (Å²) in [6.07, 6.45) is 1.94. The Labute approximate surface area is 82.0 Å². The van der Waals surface area contributed by atoms with E-state index in [9.17, 15) is 0 Å². The maximum absolute atomic E-state index is 5.33. The van der Waals surface area contributed by atoms with E-state index in [1.807, 2.05) is 13.8 Å². The third kappa shape index (κ3) is 3.63. The Kier molecular flexibility index (Phi) is 6.29. The summed E-state index contributed by atoms with van der Waals surface area (Å²) in [5.41, 5.74) is 0. The van der Waals surface area contributed by atoms with Crippen molar-refractivity contribution in [2.45, 2.75) is 32.5 Å². The number of methoxy groups -OCH3 is 2. The molecule has 0 N–H and O–H groups in total. The fourth-order valence-corrected chi connectivity index (χ4v) is 1.45. The molecule has 0 aromatic rings. The minimum Gasteiger partial charge on any atom is -0.353 e. The molecule has 3 heteroatoms. The molecule has 1 rings (SSSR count). The average molecular weight is 189 g/mol.